The first-order valence-electron chi connectivity index (χ1n) is 6.35. The summed E-state index contributed by atoms with van der Waals surface area (Å²) in [6.07, 6.45) is 1.46. The SMILES string of the molecule is O=C(COC(=O)c1cccnc1Cl)c1ccc2c(c1)OCO2. The molecule has 2 aromatic rings. The average molecular weight is 320 g/mol. The first kappa shape index (κ1) is 14.3. The van der Waals surface area contributed by atoms with Crippen molar-refractivity contribution < 1.29 is 23.8 Å². The summed E-state index contributed by atoms with van der Waals surface area (Å²) in [5.41, 5.74) is 0.483. The van der Waals surface area contributed by atoms with E-state index in [9.17, 15) is 9.59 Å². The van der Waals surface area contributed by atoms with Crippen LogP contribution in [0.25, 0.3) is 0 Å². The summed E-state index contributed by atoms with van der Waals surface area (Å²) in [6.45, 7) is -0.273. The molecular formula is C15H10ClNO5. The van der Waals surface area contributed by atoms with Gasteiger partial charge in [0.15, 0.2) is 23.9 Å². The fraction of sp³-hybridized carbons (Fsp3) is 0.133. The Hall–Kier alpha value is -2.60. The molecule has 0 radical (unpaired) electrons. The summed E-state index contributed by atoms with van der Waals surface area (Å²) in [5, 5.41) is 0.0306. The monoisotopic (exact) mass is 319 g/mol. The Morgan fingerprint density at radius 1 is 1.23 bits per heavy atom. The van der Waals surface area contributed by atoms with Gasteiger partial charge >= 0.3 is 5.97 Å². The number of benzene rings is 1. The van der Waals surface area contributed by atoms with Gasteiger partial charge in [-0.2, -0.15) is 0 Å². The molecule has 0 saturated carbocycles. The zero-order valence-corrected chi connectivity index (χ0v) is 12.0. The van der Waals surface area contributed by atoms with Crippen molar-refractivity contribution >= 4 is 23.4 Å². The average Bonchev–Trinajstić information content (AvgIpc) is 3.00. The molecule has 2 heterocycles. The van der Waals surface area contributed by atoms with E-state index >= 15 is 0 Å². The second-order valence-electron chi connectivity index (χ2n) is 4.41. The number of hydrogen-bond donors (Lipinski definition) is 0. The van der Waals surface area contributed by atoms with E-state index in [0.29, 0.717) is 17.1 Å². The molecule has 6 nitrogen and oxygen atoms in total. The van der Waals surface area contributed by atoms with E-state index in [1.54, 1.807) is 24.3 Å². The summed E-state index contributed by atoms with van der Waals surface area (Å²) in [6, 6.07) is 7.80. The molecule has 0 fully saturated rings. The molecule has 3 rings (SSSR count). The highest BCUT2D eigenvalue weighted by atomic mass is 35.5. The van der Waals surface area contributed by atoms with Crippen molar-refractivity contribution in [2.45, 2.75) is 0 Å². The van der Waals surface area contributed by atoms with Gasteiger partial charge in [-0.3, -0.25) is 4.79 Å². The van der Waals surface area contributed by atoms with Gasteiger partial charge in [-0.05, 0) is 30.3 Å². The molecule has 0 spiro atoms. The van der Waals surface area contributed by atoms with Crippen LogP contribution in [0.4, 0.5) is 0 Å². The number of fused-ring (bicyclic) bond motifs is 1. The third-order valence-electron chi connectivity index (χ3n) is 3.01. The molecule has 0 N–H and O–H groups in total. The zero-order valence-electron chi connectivity index (χ0n) is 11.2. The van der Waals surface area contributed by atoms with Crippen LogP contribution in [0.3, 0.4) is 0 Å². The quantitative estimate of drug-likeness (QED) is 0.489. The Kier molecular flexibility index (Phi) is 3.93. The fourth-order valence-electron chi connectivity index (χ4n) is 1.90. The predicted molar refractivity (Wildman–Crippen MR) is 76.4 cm³/mol. The number of aromatic nitrogens is 1. The Morgan fingerprint density at radius 2 is 2.05 bits per heavy atom. The van der Waals surface area contributed by atoms with Crippen LogP contribution in [0.5, 0.6) is 11.5 Å². The van der Waals surface area contributed by atoms with Gasteiger partial charge in [-0.25, -0.2) is 9.78 Å². The second kappa shape index (κ2) is 6.03. The number of rotatable bonds is 4. The summed E-state index contributed by atoms with van der Waals surface area (Å²) in [5.74, 6) is 0.0158. The van der Waals surface area contributed by atoms with Crippen molar-refractivity contribution in [3.8, 4) is 11.5 Å². The maximum absolute atomic E-state index is 12.0. The zero-order chi connectivity index (χ0) is 15.5. The van der Waals surface area contributed by atoms with Crippen LogP contribution in [-0.2, 0) is 4.74 Å². The highest BCUT2D eigenvalue weighted by molar-refractivity contribution is 6.32. The molecule has 0 saturated heterocycles. The Morgan fingerprint density at radius 3 is 2.86 bits per heavy atom. The van der Waals surface area contributed by atoms with Crippen molar-refractivity contribution in [2.24, 2.45) is 0 Å². The molecule has 0 amide bonds. The molecule has 22 heavy (non-hydrogen) atoms. The van der Waals surface area contributed by atoms with Gasteiger partial charge in [0.05, 0.1) is 5.56 Å². The lowest BCUT2D eigenvalue weighted by Crippen LogP contribution is -2.14. The summed E-state index contributed by atoms with van der Waals surface area (Å²) < 4.78 is 15.3. The predicted octanol–water partition coefficient (Wildman–Crippen LogP) is 2.50. The van der Waals surface area contributed by atoms with E-state index in [-0.39, 0.29) is 23.3 Å². The van der Waals surface area contributed by atoms with Gasteiger partial charge in [0.25, 0.3) is 0 Å². The van der Waals surface area contributed by atoms with Gasteiger partial charge in [0.2, 0.25) is 6.79 Å². The van der Waals surface area contributed by atoms with Gasteiger partial charge in [-0.15, -0.1) is 0 Å². The maximum Gasteiger partial charge on any atom is 0.341 e. The molecule has 0 atom stereocenters. The minimum absolute atomic E-state index is 0.0306. The summed E-state index contributed by atoms with van der Waals surface area (Å²) in [4.78, 5) is 27.7. The van der Waals surface area contributed by atoms with Crippen molar-refractivity contribution in [2.75, 3.05) is 13.4 Å². The number of nitrogens with zero attached hydrogens (tertiary/aromatic N) is 1. The molecule has 1 aliphatic heterocycles. The van der Waals surface area contributed by atoms with Crippen LogP contribution in [0, 0.1) is 0 Å². The number of ketones is 1. The lowest BCUT2D eigenvalue weighted by atomic mass is 10.1. The maximum atomic E-state index is 12.0. The number of ether oxygens (including phenoxy) is 3. The van der Waals surface area contributed by atoms with Crippen molar-refractivity contribution in [3.05, 3.63) is 52.8 Å². The number of carbonyl (C=O) groups excluding carboxylic acids is 2. The Balaban J connectivity index is 1.65. The van der Waals surface area contributed by atoms with Crippen molar-refractivity contribution in [1.29, 1.82) is 0 Å². The molecule has 7 heteroatoms. The normalized spacial score (nSPS) is 12.0. The van der Waals surface area contributed by atoms with Crippen LogP contribution < -0.4 is 9.47 Å². The topological polar surface area (TPSA) is 74.7 Å². The highest BCUT2D eigenvalue weighted by Gasteiger charge is 2.18. The molecule has 112 valence electrons. The summed E-state index contributed by atoms with van der Waals surface area (Å²) >= 11 is 5.79. The van der Waals surface area contributed by atoms with E-state index in [1.807, 2.05) is 0 Å². The van der Waals surface area contributed by atoms with Crippen molar-refractivity contribution in [1.82, 2.24) is 4.98 Å². The number of Topliss-reactive ketones (excluding diaryl/α,β-unsaturated/α-hetero) is 1. The standard InChI is InChI=1S/C15H10ClNO5/c16-14-10(2-1-5-17-14)15(19)20-7-11(18)9-3-4-12-13(6-9)22-8-21-12/h1-6H,7-8H2. The smallest absolute Gasteiger partial charge is 0.341 e. The molecular weight excluding hydrogens is 310 g/mol. The van der Waals surface area contributed by atoms with E-state index in [1.165, 1.54) is 12.3 Å². The van der Waals surface area contributed by atoms with Crippen LogP contribution >= 0.6 is 11.6 Å². The summed E-state index contributed by atoms with van der Waals surface area (Å²) in [7, 11) is 0. The first-order chi connectivity index (χ1) is 10.6. The third-order valence-corrected chi connectivity index (χ3v) is 3.31. The fourth-order valence-corrected chi connectivity index (χ4v) is 2.10. The molecule has 0 unspecified atom stereocenters. The third kappa shape index (κ3) is 2.87. The first-order valence-corrected chi connectivity index (χ1v) is 6.73. The number of carbonyl (C=O) groups is 2. The largest absolute Gasteiger partial charge is 0.454 e. The molecule has 1 aromatic heterocycles. The van der Waals surface area contributed by atoms with E-state index in [4.69, 9.17) is 25.8 Å². The number of halogens is 1. The Bertz CT molecular complexity index is 746. The van der Waals surface area contributed by atoms with Crippen LogP contribution in [-0.4, -0.2) is 30.1 Å². The minimum Gasteiger partial charge on any atom is -0.454 e. The number of hydrogen-bond acceptors (Lipinski definition) is 6. The van der Waals surface area contributed by atoms with E-state index in [0.717, 1.165) is 0 Å². The van der Waals surface area contributed by atoms with Gasteiger partial charge in [-0.1, -0.05) is 11.6 Å². The molecule has 1 aliphatic rings. The lowest BCUT2D eigenvalue weighted by Gasteiger charge is -2.06. The van der Waals surface area contributed by atoms with E-state index < -0.39 is 12.6 Å². The minimum atomic E-state index is -0.702. The van der Waals surface area contributed by atoms with Crippen LogP contribution in [0.2, 0.25) is 5.15 Å². The second-order valence-corrected chi connectivity index (χ2v) is 4.77. The van der Waals surface area contributed by atoms with Crippen LogP contribution in [0.1, 0.15) is 20.7 Å². The van der Waals surface area contributed by atoms with Crippen molar-refractivity contribution in [3.63, 3.8) is 0 Å². The Labute approximate surface area is 130 Å². The molecule has 1 aromatic carbocycles. The van der Waals surface area contributed by atoms with Gasteiger partial charge in [0, 0.05) is 11.8 Å². The van der Waals surface area contributed by atoms with Crippen LogP contribution in [0.15, 0.2) is 36.5 Å². The number of pyridine rings is 1. The lowest BCUT2D eigenvalue weighted by molar-refractivity contribution is 0.0474. The van der Waals surface area contributed by atoms with E-state index in [2.05, 4.69) is 4.98 Å². The molecule has 0 bridgehead atoms. The highest BCUT2D eigenvalue weighted by Crippen LogP contribution is 2.32. The van der Waals surface area contributed by atoms with Gasteiger partial charge in [0.1, 0.15) is 5.15 Å². The number of esters is 1. The van der Waals surface area contributed by atoms with Gasteiger partial charge < -0.3 is 14.2 Å². The molecule has 0 aliphatic carbocycles.